The second-order valence-electron chi connectivity index (χ2n) is 4.31. The summed E-state index contributed by atoms with van der Waals surface area (Å²) in [6.45, 7) is 0. The summed E-state index contributed by atoms with van der Waals surface area (Å²) in [7, 11) is 1.69. The van der Waals surface area contributed by atoms with Crippen LogP contribution in [-0.2, 0) is 11.2 Å². The van der Waals surface area contributed by atoms with Gasteiger partial charge in [-0.25, -0.2) is 0 Å². The molecular weight excluding hydrogens is 268 g/mol. The largest absolute Gasteiger partial charge is 0.496 e. The molecule has 1 atom stereocenters. The van der Waals surface area contributed by atoms with Crippen LogP contribution in [0.4, 0.5) is 0 Å². The molecule has 3 heteroatoms. The minimum atomic E-state index is 0.402. The molecule has 0 bridgehead atoms. The molecule has 86 valence electrons. The van der Waals surface area contributed by atoms with Gasteiger partial charge in [-0.1, -0.05) is 15.9 Å². The Morgan fingerprint density at radius 1 is 1.50 bits per heavy atom. The predicted octanol–water partition coefficient (Wildman–Crippen LogP) is 3.37. The number of hydrogen-bond donors (Lipinski definition) is 0. The number of ether oxygens (including phenoxy) is 1. The van der Waals surface area contributed by atoms with E-state index in [-0.39, 0.29) is 0 Å². The molecule has 0 amide bonds. The molecule has 1 aromatic rings. The lowest BCUT2D eigenvalue weighted by molar-refractivity contribution is -0.117. The van der Waals surface area contributed by atoms with E-state index in [9.17, 15) is 4.79 Å². The molecule has 1 aromatic carbocycles. The van der Waals surface area contributed by atoms with Crippen LogP contribution in [-0.4, -0.2) is 12.9 Å². The molecule has 2 nitrogen and oxygen atoms in total. The molecule has 0 radical (unpaired) electrons. The molecule has 16 heavy (non-hydrogen) atoms. The standard InChI is InChI=1S/C13H15BrO2/c1-16-13-5-3-11(14)8-10(13)6-9-2-4-12(15)7-9/h3,5,8-9H,2,4,6-7H2,1H3. The smallest absolute Gasteiger partial charge is 0.133 e. The van der Waals surface area contributed by atoms with E-state index >= 15 is 0 Å². The van der Waals surface area contributed by atoms with E-state index in [2.05, 4.69) is 22.0 Å². The van der Waals surface area contributed by atoms with Gasteiger partial charge >= 0.3 is 0 Å². The van der Waals surface area contributed by atoms with Crippen LogP contribution in [0.15, 0.2) is 22.7 Å². The topological polar surface area (TPSA) is 26.3 Å². The Balaban J connectivity index is 2.13. The molecule has 1 fully saturated rings. The molecule has 1 aliphatic carbocycles. The Kier molecular flexibility index (Phi) is 3.64. The third-order valence-electron chi connectivity index (χ3n) is 3.10. The minimum Gasteiger partial charge on any atom is -0.496 e. The van der Waals surface area contributed by atoms with Crippen LogP contribution < -0.4 is 4.74 Å². The number of carbonyl (C=O) groups is 1. The highest BCUT2D eigenvalue weighted by Gasteiger charge is 2.23. The van der Waals surface area contributed by atoms with Crippen LogP contribution in [0.1, 0.15) is 24.8 Å². The Morgan fingerprint density at radius 2 is 2.31 bits per heavy atom. The third-order valence-corrected chi connectivity index (χ3v) is 3.59. The molecule has 0 aromatic heterocycles. The third kappa shape index (κ3) is 2.64. The van der Waals surface area contributed by atoms with Gasteiger partial charge in [0.25, 0.3) is 0 Å². The van der Waals surface area contributed by atoms with Crippen molar-refractivity contribution in [2.24, 2.45) is 5.92 Å². The number of carbonyl (C=O) groups excluding carboxylic acids is 1. The summed E-state index contributed by atoms with van der Waals surface area (Å²) in [6.07, 6.45) is 3.44. The van der Waals surface area contributed by atoms with E-state index in [0.717, 1.165) is 35.9 Å². The van der Waals surface area contributed by atoms with Crippen LogP contribution in [0.3, 0.4) is 0 Å². The number of hydrogen-bond acceptors (Lipinski definition) is 2. The molecule has 0 heterocycles. The van der Waals surface area contributed by atoms with Gasteiger partial charge in [-0.05, 0) is 42.5 Å². The van der Waals surface area contributed by atoms with E-state index in [4.69, 9.17) is 4.74 Å². The van der Waals surface area contributed by atoms with Gasteiger partial charge in [0.1, 0.15) is 11.5 Å². The Labute approximate surface area is 104 Å². The summed E-state index contributed by atoms with van der Waals surface area (Å²) < 4.78 is 6.39. The second kappa shape index (κ2) is 5.00. The molecule has 1 saturated carbocycles. The van der Waals surface area contributed by atoms with Crippen molar-refractivity contribution in [3.63, 3.8) is 0 Å². The fourth-order valence-electron chi connectivity index (χ4n) is 2.28. The molecule has 0 spiro atoms. The van der Waals surface area contributed by atoms with Gasteiger partial charge < -0.3 is 4.74 Å². The summed E-state index contributed by atoms with van der Waals surface area (Å²) in [5.74, 6) is 1.82. The van der Waals surface area contributed by atoms with E-state index in [1.165, 1.54) is 5.56 Å². The fraction of sp³-hybridized carbons (Fsp3) is 0.462. The number of ketones is 1. The summed E-state index contributed by atoms with van der Waals surface area (Å²) in [5.41, 5.74) is 1.19. The number of Topliss-reactive ketones (excluding diaryl/α,β-unsaturated/α-hetero) is 1. The van der Waals surface area contributed by atoms with Crippen molar-refractivity contribution < 1.29 is 9.53 Å². The number of rotatable bonds is 3. The van der Waals surface area contributed by atoms with Gasteiger partial charge in [-0.2, -0.15) is 0 Å². The summed E-state index contributed by atoms with van der Waals surface area (Å²) in [4.78, 5) is 11.2. The molecule has 0 N–H and O–H groups in total. The van der Waals surface area contributed by atoms with Gasteiger partial charge in [0.2, 0.25) is 0 Å². The number of halogens is 1. The van der Waals surface area contributed by atoms with Crippen molar-refractivity contribution in [2.75, 3.05) is 7.11 Å². The van der Waals surface area contributed by atoms with Crippen LogP contribution >= 0.6 is 15.9 Å². The Bertz CT molecular complexity index is 401. The summed E-state index contributed by atoms with van der Waals surface area (Å²) >= 11 is 3.46. The summed E-state index contributed by atoms with van der Waals surface area (Å²) in [6, 6.07) is 6.03. The molecule has 1 unspecified atom stereocenters. The highest BCUT2D eigenvalue weighted by atomic mass is 79.9. The first-order valence-electron chi connectivity index (χ1n) is 5.53. The first-order valence-corrected chi connectivity index (χ1v) is 6.32. The van der Waals surface area contributed by atoms with Gasteiger partial charge in [0, 0.05) is 17.3 Å². The van der Waals surface area contributed by atoms with Gasteiger partial charge in [-0.3, -0.25) is 4.79 Å². The average Bonchev–Trinajstić information content (AvgIpc) is 2.64. The van der Waals surface area contributed by atoms with Crippen LogP contribution in [0.2, 0.25) is 0 Å². The normalized spacial score (nSPS) is 20.1. The lowest BCUT2D eigenvalue weighted by atomic mass is 9.97. The second-order valence-corrected chi connectivity index (χ2v) is 5.22. The van der Waals surface area contributed by atoms with Gasteiger partial charge in [0.05, 0.1) is 7.11 Å². The quantitative estimate of drug-likeness (QED) is 0.850. The van der Waals surface area contributed by atoms with Crippen molar-refractivity contribution in [3.05, 3.63) is 28.2 Å². The summed E-state index contributed by atoms with van der Waals surface area (Å²) in [5, 5.41) is 0. The van der Waals surface area contributed by atoms with E-state index in [1.54, 1.807) is 7.11 Å². The molecule has 2 rings (SSSR count). The lowest BCUT2D eigenvalue weighted by Gasteiger charge is -2.12. The lowest BCUT2D eigenvalue weighted by Crippen LogP contribution is -2.02. The van der Waals surface area contributed by atoms with E-state index < -0.39 is 0 Å². The highest BCUT2D eigenvalue weighted by Crippen LogP contribution is 2.31. The fourth-order valence-corrected chi connectivity index (χ4v) is 2.69. The molecule has 0 saturated heterocycles. The van der Waals surface area contributed by atoms with Crippen molar-refractivity contribution >= 4 is 21.7 Å². The molecular formula is C13H15BrO2. The van der Waals surface area contributed by atoms with E-state index in [1.807, 2.05) is 12.1 Å². The predicted molar refractivity (Wildman–Crippen MR) is 66.7 cm³/mol. The van der Waals surface area contributed by atoms with Crippen LogP contribution in [0, 0.1) is 5.92 Å². The van der Waals surface area contributed by atoms with Crippen molar-refractivity contribution in [3.8, 4) is 5.75 Å². The van der Waals surface area contributed by atoms with Crippen LogP contribution in [0.5, 0.6) is 5.75 Å². The Hall–Kier alpha value is -0.830. The van der Waals surface area contributed by atoms with Crippen molar-refractivity contribution in [1.82, 2.24) is 0 Å². The zero-order valence-electron chi connectivity index (χ0n) is 9.33. The van der Waals surface area contributed by atoms with E-state index in [0.29, 0.717) is 11.7 Å². The van der Waals surface area contributed by atoms with Gasteiger partial charge in [0.15, 0.2) is 0 Å². The zero-order chi connectivity index (χ0) is 11.5. The number of benzene rings is 1. The number of methoxy groups -OCH3 is 1. The Morgan fingerprint density at radius 3 is 2.94 bits per heavy atom. The van der Waals surface area contributed by atoms with Crippen LogP contribution in [0.25, 0.3) is 0 Å². The first kappa shape index (κ1) is 11.6. The van der Waals surface area contributed by atoms with Crippen molar-refractivity contribution in [1.29, 1.82) is 0 Å². The monoisotopic (exact) mass is 282 g/mol. The maximum atomic E-state index is 11.2. The SMILES string of the molecule is COc1ccc(Br)cc1CC1CCC(=O)C1. The highest BCUT2D eigenvalue weighted by molar-refractivity contribution is 9.10. The minimum absolute atomic E-state index is 0.402. The molecule has 1 aliphatic rings. The van der Waals surface area contributed by atoms with Crippen molar-refractivity contribution in [2.45, 2.75) is 25.7 Å². The molecule has 0 aliphatic heterocycles. The zero-order valence-corrected chi connectivity index (χ0v) is 10.9. The maximum absolute atomic E-state index is 11.2. The average molecular weight is 283 g/mol. The first-order chi connectivity index (χ1) is 7.69. The maximum Gasteiger partial charge on any atom is 0.133 e. The van der Waals surface area contributed by atoms with Gasteiger partial charge in [-0.15, -0.1) is 0 Å².